The van der Waals surface area contributed by atoms with Crippen molar-refractivity contribution in [1.82, 2.24) is 0 Å². The van der Waals surface area contributed by atoms with Gasteiger partial charge >= 0.3 is 0 Å². The summed E-state index contributed by atoms with van der Waals surface area (Å²) in [6, 6.07) is 22.8. The van der Waals surface area contributed by atoms with Crippen LogP contribution in [-0.2, 0) is 11.4 Å². The predicted octanol–water partition coefficient (Wildman–Crippen LogP) is 5.69. The van der Waals surface area contributed by atoms with E-state index in [4.69, 9.17) is 9.47 Å². The molecule has 0 heterocycles. The van der Waals surface area contributed by atoms with Gasteiger partial charge in [0.15, 0.2) is 0 Å². The van der Waals surface area contributed by atoms with Crippen LogP contribution in [-0.4, -0.2) is 13.0 Å². The average molecular weight is 438 g/mol. The number of rotatable bonds is 7. The molecule has 0 bridgehead atoms. The molecular weight excluding hydrogens is 418 g/mol. The minimum absolute atomic E-state index is 0.205. The number of anilines is 1. The summed E-state index contributed by atoms with van der Waals surface area (Å²) in [7, 11) is 1.59. The van der Waals surface area contributed by atoms with Crippen molar-refractivity contribution in [2.45, 2.75) is 6.61 Å². The maximum Gasteiger partial charge on any atom is 0.248 e. The van der Waals surface area contributed by atoms with Gasteiger partial charge in [-0.3, -0.25) is 4.79 Å². The third-order valence-electron chi connectivity index (χ3n) is 3.96. The Kier molecular flexibility index (Phi) is 6.87. The van der Waals surface area contributed by atoms with Crippen molar-refractivity contribution >= 4 is 33.6 Å². The van der Waals surface area contributed by atoms with Gasteiger partial charge in [-0.25, -0.2) is 0 Å². The van der Waals surface area contributed by atoms with Crippen LogP contribution in [0.25, 0.3) is 6.08 Å². The number of carbonyl (C=O) groups is 1. The van der Waals surface area contributed by atoms with E-state index in [2.05, 4.69) is 21.2 Å². The number of nitrogens with one attached hydrogen (secondary N) is 1. The Labute approximate surface area is 172 Å². The van der Waals surface area contributed by atoms with Crippen molar-refractivity contribution in [3.63, 3.8) is 0 Å². The predicted molar refractivity (Wildman–Crippen MR) is 116 cm³/mol. The molecule has 5 heteroatoms. The topological polar surface area (TPSA) is 47.6 Å². The van der Waals surface area contributed by atoms with Crippen LogP contribution in [0.15, 0.2) is 83.3 Å². The lowest BCUT2D eigenvalue weighted by atomic mass is 10.2. The summed E-state index contributed by atoms with van der Waals surface area (Å²) in [4.78, 5) is 12.1. The van der Waals surface area contributed by atoms with Crippen LogP contribution in [0, 0.1) is 0 Å². The van der Waals surface area contributed by atoms with E-state index >= 15 is 0 Å². The van der Waals surface area contributed by atoms with Gasteiger partial charge in [-0.05, 0) is 53.6 Å². The summed E-state index contributed by atoms with van der Waals surface area (Å²) in [5.41, 5.74) is 2.70. The molecule has 28 heavy (non-hydrogen) atoms. The molecule has 0 aliphatic heterocycles. The monoisotopic (exact) mass is 437 g/mol. The van der Waals surface area contributed by atoms with Crippen molar-refractivity contribution < 1.29 is 14.3 Å². The molecule has 1 N–H and O–H groups in total. The smallest absolute Gasteiger partial charge is 0.248 e. The molecule has 0 aliphatic rings. The fourth-order valence-corrected chi connectivity index (χ4v) is 2.74. The van der Waals surface area contributed by atoms with Crippen LogP contribution in [0.1, 0.15) is 11.1 Å². The van der Waals surface area contributed by atoms with E-state index in [0.29, 0.717) is 18.0 Å². The van der Waals surface area contributed by atoms with Crippen LogP contribution < -0.4 is 14.8 Å². The molecule has 0 saturated carbocycles. The van der Waals surface area contributed by atoms with Crippen LogP contribution in [0.4, 0.5) is 5.69 Å². The molecule has 0 radical (unpaired) electrons. The lowest BCUT2D eigenvalue weighted by molar-refractivity contribution is -0.111. The molecule has 0 fully saturated rings. The van der Waals surface area contributed by atoms with Gasteiger partial charge in [-0.2, -0.15) is 0 Å². The summed E-state index contributed by atoms with van der Waals surface area (Å²) in [5, 5.41) is 2.81. The summed E-state index contributed by atoms with van der Waals surface area (Å²) >= 11 is 3.42. The zero-order valence-electron chi connectivity index (χ0n) is 15.4. The first-order chi connectivity index (χ1) is 13.6. The Morgan fingerprint density at radius 1 is 1.00 bits per heavy atom. The summed E-state index contributed by atoms with van der Waals surface area (Å²) < 4.78 is 12.0. The highest BCUT2D eigenvalue weighted by molar-refractivity contribution is 9.10. The number of hydrogen-bond acceptors (Lipinski definition) is 3. The van der Waals surface area contributed by atoms with Gasteiger partial charge in [-0.1, -0.05) is 46.3 Å². The van der Waals surface area contributed by atoms with Gasteiger partial charge in [-0.15, -0.1) is 0 Å². The van der Waals surface area contributed by atoms with Gasteiger partial charge in [0, 0.05) is 22.3 Å². The van der Waals surface area contributed by atoms with Crippen molar-refractivity contribution in [3.8, 4) is 11.5 Å². The lowest BCUT2D eigenvalue weighted by Crippen LogP contribution is -2.07. The van der Waals surface area contributed by atoms with Crippen molar-refractivity contribution in [2.75, 3.05) is 12.4 Å². The molecule has 4 nitrogen and oxygen atoms in total. The van der Waals surface area contributed by atoms with Gasteiger partial charge in [0.1, 0.15) is 18.1 Å². The molecule has 0 atom stereocenters. The quantitative estimate of drug-likeness (QED) is 0.483. The Balaban J connectivity index is 1.52. The molecule has 0 spiro atoms. The highest BCUT2D eigenvalue weighted by Crippen LogP contribution is 2.18. The van der Waals surface area contributed by atoms with E-state index in [0.717, 1.165) is 21.3 Å². The fourth-order valence-electron chi connectivity index (χ4n) is 2.48. The standard InChI is InChI=1S/C23H20BrNO3/c1-27-22-4-2-3-20(15-22)25-23(26)14-9-17-7-12-21(13-8-17)28-16-18-5-10-19(24)11-6-18/h2-15H,16H2,1H3,(H,25,26)/b14-9+. The highest BCUT2D eigenvalue weighted by atomic mass is 79.9. The molecule has 3 aromatic carbocycles. The second-order valence-corrected chi connectivity index (χ2v) is 6.95. The Morgan fingerprint density at radius 2 is 1.75 bits per heavy atom. The number of benzene rings is 3. The van der Waals surface area contributed by atoms with Gasteiger partial charge < -0.3 is 14.8 Å². The number of ether oxygens (including phenoxy) is 2. The van der Waals surface area contributed by atoms with Crippen molar-refractivity contribution in [2.24, 2.45) is 0 Å². The molecule has 1 amide bonds. The van der Waals surface area contributed by atoms with E-state index in [1.807, 2.05) is 66.7 Å². The largest absolute Gasteiger partial charge is 0.497 e. The van der Waals surface area contributed by atoms with E-state index in [9.17, 15) is 4.79 Å². The molecule has 0 saturated heterocycles. The number of hydrogen-bond donors (Lipinski definition) is 1. The van der Waals surface area contributed by atoms with Crippen LogP contribution >= 0.6 is 15.9 Å². The molecular formula is C23H20BrNO3. The van der Waals surface area contributed by atoms with Crippen LogP contribution in [0.5, 0.6) is 11.5 Å². The summed E-state index contributed by atoms with van der Waals surface area (Å²) in [5.74, 6) is 1.27. The van der Waals surface area contributed by atoms with Gasteiger partial charge in [0.25, 0.3) is 0 Å². The van der Waals surface area contributed by atoms with Gasteiger partial charge in [0.2, 0.25) is 5.91 Å². The third-order valence-corrected chi connectivity index (χ3v) is 4.49. The van der Waals surface area contributed by atoms with E-state index in [1.54, 1.807) is 19.3 Å². The van der Waals surface area contributed by atoms with E-state index in [-0.39, 0.29) is 5.91 Å². The van der Waals surface area contributed by atoms with Crippen LogP contribution in [0.3, 0.4) is 0 Å². The molecule has 142 valence electrons. The zero-order chi connectivity index (χ0) is 19.8. The number of methoxy groups -OCH3 is 1. The summed E-state index contributed by atoms with van der Waals surface area (Å²) in [6.07, 6.45) is 3.26. The molecule has 3 rings (SSSR count). The minimum Gasteiger partial charge on any atom is -0.497 e. The molecule has 0 aromatic heterocycles. The maximum absolute atomic E-state index is 12.1. The first kappa shape index (κ1) is 19.7. The second-order valence-electron chi connectivity index (χ2n) is 6.04. The van der Waals surface area contributed by atoms with E-state index < -0.39 is 0 Å². The molecule has 0 aliphatic carbocycles. The number of carbonyl (C=O) groups excluding carboxylic acids is 1. The Bertz CT molecular complexity index is 950. The first-order valence-electron chi connectivity index (χ1n) is 8.73. The molecule has 3 aromatic rings. The second kappa shape index (κ2) is 9.76. The maximum atomic E-state index is 12.1. The number of amides is 1. The zero-order valence-corrected chi connectivity index (χ0v) is 17.0. The average Bonchev–Trinajstić information content (AvgIpc) is 2.73. The lowest BCUT2D eigenvalue weighted by Gasteiger charge is -2.07. The Morgan fingerprint density at radius 3 is 2.46 bits per heavy atom. The Hall–Kier alpha value is -3.05. The third kappa shape index (κ3) is 5.99. The minimum atomic E-state index is -0.205. The first-order valence-corrected chi connectivity index (χ1v) is 9.52. The fraction of sp³-hybridized carbons (Fsp3) is 0.0870. The number of halogens is 1. The molecule has 0 unspecified atom stereocenters. The summed E-state index contributed by atoms with van der Waals surface area (Å²) in [6.45, 7) is 0.505. The van der Waals surface area contributed by atoms with Crippen molar-refractivity contribution in [3.05, 3.63) is 94.5 Å². The van der Waals surface area contributed by atoms with E-state index in [1.165, 1.54) is 6.08 Å². The normalized spacial score (nSPS) is 10.6. The highest BCUT2D eigenvalue weighted by Gasteiger charge is 2.00. The van der Waals surface area contributed by atoms with Crippen LogP contribution in [0.2, 0.25) is 0 Å². The van der Waals surface area contributed by atoms with Gasteiger partial charge in [0.05, 0.1) is 7.11 Å². The SMILES string of the molecule is COc1cccc(NC(=O)/C=C/c2ccc(OCc3ccc(Br)cc3)cc2)c1. The van der Waals surface area contributed by atoms with Crippen molar-refractivity contribution in [1.29, 1.82) is 0 Å².